The highest BCUT2D eigenvalue weighted by Crippen LogP contribution is 2.37. The van der Waals surface area contributed by atoms with Crippen molar-refractivity contribution < 1.29 is 33.9 Å². The van der Waals surface area contributed by atoms with E-state index in [1.54, 1.807) is 13.2 Å². The summed E-state index contributed by atoms with van der Waals surface area (Å²) in [7, 11) is 5.43. The fourth-order valence-electron chi connectivity index (χ4n) is 4.15. The van der Waals surface area contributed by atoms with Crippen LogP contribution in [0.25, 0.3) is 6.08 Å². The number of aliphatic hydroxyl groups is 2. The van der Waals surface area contributed by atoms with Gasteiger partial charge in [0.15, 0.2) is 18.9 Å². The quantitative estimate of drug-likeness (QED) is 0.502. The summed E-state index contributed by atoms with van der Waals surface area (Å²) < 4.78 is 29.1. The first-order valence-corrected chi connectivity index (χ1v) is 11.7. The molecule has 0 bridgehead atoms. The van der Waals surface area contributed by atoms with E-state index < -0.39 is 24.3 Å². The Morgan fingerprint density at radius 1 is 1.12 bits per heavy atom. The average Bonchev–Trinajstić information content (AvgIpc) is 3.08. The van der Waals surface area contributed by atoms with Crippen LogP contribution in [0, 0.1) is 5.92 Å². The molecule has 8 heteroatoms. The molecule has 1 saturated heterocycles. The highest BCUT2D eigenvalue weighted by atomic mass is 16.8. The van der Waals surface area contributed by atoms with Crippen LogP contribution in [-0.2, 0) is 18.9 Å². The largest absolute Gasteiger partial charge is 0.467 e. The Kier molecular flexibility index (Phi) is 8.78. The standard InChI is InChI=1S/C26H39NO7/c1-16-11-12-20(28)24-21(33-26(3,4)34-24)10-8-9-18-13-19(27(5)6)14-22(31-15-30-7)23(18)25(29)32-17(16)2/h8-9,11-14,16-17,20-21,24-25,28-29H,10,15H2,1-7H3/t16-,17+,20+,21+,24?,25+/m1/s1. The van der Waals surface area contributed by atoms with Crippen molar-refractivity contribution in [2.75, 3.05) is 32.9 Å². The molecule has 1 unspecified atom stereocenters. The van der Waals surface area contributed by atoms with Gasteiger partial charge in [-0.1, -0.05) is 31.2 Å². The van der Waals surface area contributed by atoms with Crippen molar-refractivity contribution in [2.24, 2.45) is 5.92 Å². The number of hydrogen-bond acceptors (Lipinski definition) is 8. The maximum absolute atomic E-state index is 11.1. The second-order valence-electron chi connectivity index (χ2n) is 9.60. The van der Waals surface area contributed by atoms with Crippen molar-refractivity contribution in [3.05, 3.63) is 41.5 Å². The molecule has 2 N–H and O–H groups in total. The first-order chi connectivity index (χ1) is 16.0. The minimum Gasteiger partial charge on any atom is -0.467 e. The molecule has 190 valence electrons. The second kappa shape index (κ2) is 11.2. The molecule has 1 fully saturated rings. The molecule has 34 heavy (non-hydrogen) atoms. The third kappa shape index (κ3) is 6.38. The number of benzene rings is 1. The Hall–Kier alpha value is -1.94. The molecule has 0 spiro atoms. The van der Waals surface area contributed by atoms with Gasteiger partial charge in [-0.3, -0.25) is 0 Å². The van der Waals surface area contributed by atoms with Crippen LogP contribution < -0.4 is 9.64 Å². The molecule has 0 amide bonds. The highest BCUT2D eigenvalue weighted by Gasteiger charge is 2.43. The Bertz CT molecular complexity index is 882. The maximum Gasteiger partial charge on any atom is 0.188 e. The van der Waals surface area contributed by atoms with Gasteiger partial charge in [-0.25, -0.2) is 0 Å². The number of rotatable bonds is 4. The smallest absolute Gasteiger partial charge is 0.188 e. The molecule has 0 radical (unpaired) electrons. The first-order valence-electron chi connectivity index (χ1n) is 11.7. The number of fused-ring (bicyclic) bond motifs is 2. The molecule has 1 aromatic rings. The summed E-state index contributed by atoms with van der Waals surface area (Å²) in [6.07, 6.45) is 4.78. The zero-order valence-electron chi connectivity index (χ0n) is 21.2. The number of aliphatic hydroxyl groups excluding tert-OH is 2. The van der Waals surface area contributed by atoms with E-state index in [0.29, 0.717) is 17.7 Å². The topological polar surface area (TPSA) is 89.9 Å². The van der Waals surface area contributed by atoms with Gasteiger partial charge in [-0.05, 0) is 38.8 Å². The maximum atomic E-state index is 11.1. The van der Waals surface area contributed by atoms with Crippen LogP contribution >= 0.6 is 0 Å². The van der Waals surface area contributed by atoms with Crippen LogP contribution in [0.2, 0.25) is 0 Å². The Morgan fingerprint density at radius 2 is 1.85 bits per heavy atom. The number of anilines is 1. The van der Waals surface area contributed by atoms with E-state index in [1.807, 2.05) is 77.1 Å². The lowest BCUT2D eigenvalue weighted by molar-refractivity contribution is -0.152. The zero-order chi connectivity index (χ0) is 25.0. The van der Waals surface area contributed by atoms with E-state index in [1.165, 1.54) is 0 Å². The van der Waals surface area contributed by atoms with Crippen LogP contribution in [0.4, 0.5) is 5.69 Å². The molecule has 3 rings (SSSR count). The third-order valence-electron chi connectivity index (χ3n) is 6.17. The summed E-state index contributed by atoms with van der Waals surface area (Å²) in [5.74, 6) is -0.386. The Labute approximate surface area is 202 Å². The van der Waals surface area contributed by atoms with Gasteiger partial charge in [0, 0.05) is 38.9 Å². The summed E-state index contributed by atoms with van der Waals surface area (Å²) in [5.41, 5.74) is 2.19. The number of nitrogens with zero attached hydrogens (tertiary/aromatic N) is 1. The van der Waals surface area contributed by atoms with Crippen molar-refractivity contribution >= 4 is 11.8 Å². The zero-order valence-corrected chi connectivity index (χ0v) is 21.2. The van der Waals surface area contributed by atoms with E-state index in [4.69, 9.17) is 23.7 Å². The molecule has 0 aliphatic carbocycles. The number of ether oxygens (including phenoxy) is 5. The Balaban J connectivity index is 2.08. The molecular weight excluding hydrogens is 438 g/mol. The lowest BCUT2D eigenvalue weighted by atomic mass is 9.98. The summed E-state index contributed by atoms with van der Waals surface area (Å²) in [6, 6.07) is 3.83. The first kappa shape index (κ1) is 26.7. The van der Waals surface area contributed by atoms with E-state index in [-0.39, 0.29) is 24.9 Å². The predicted molar refractivity (Wildman–Crippen MR) is 131 cm³/mol. The molecule has 0 saturated carbocycles. The third-order valence-corrected chi connectivity index (χ3v) is 6.17. The van der Waals surface area contributed by atoms with E-state index in [0.717, 1.165) is 11.3 Å². The molecular formula is C26H39NO7. The molecule has 0 aromatic heterocycles. The summed E-state index contributed by atoms with van der Waals surface area (Å²) >= 11 is 0. The second-order valence-corrected chi connectivity index (χ2v) is 9.60. The molecule has 2 heterocycles. The van der Waals surface area contributed by atoms with Gasteiger partial charge in [0.25, 0.3) is 0 Å². The SMILES string of the molecule is COCOc1cc(N(C)C)cc2c1[C@@H](O)O[C@@H](C)[C@H](C)C=C[C@H](O)C1OC(C)(C)O[C@H]1CC=C2. The molecule has 2 aliphatic rings. The van der Waals surface area contributed by atoms with Gasteiger partial charge in [0.05, 0.1) is 17.8 Å². The summed E-state index contributed by atoms with van der Waals surface area (Å²) in [5, 5.41) is 21.9. The average molecular weight is 478 g/mol. The molecule has 6 atom stereocenters. The van der Waals surface area contributed by atoms with Crippen molar-refractivity contribution in [3.8, 4) is 5.75 Å². The van der Waals surface area contributed by atoms with Crippen molar-refractivity contribution in [3.63, 3.8) is 0 Å². The van der Waals surface area contributed by atoms with Gasteiger partial charge in [-0.2, -0.15) is 0 Å². The number of hydrogen-bond donors (Lipinski definition) is 2. The molecule has 2 aliphatic heterocycles. The number of methoxy groups -OCH3 is 1. The fourth-order valence-corrected chi connectivity index (χ4v) is 4.15. The van der Waals surface area contributed by atoms with Crippen molar-refractivity contribution in [2.45, 2.75) is 70.6 Å². The minimum atomic E-state index is -1.22. The van der Waals surface area contributed by atoms with E-state index >= 15 is 0 Å². The lowest BCUT2D eigenvalue weighted by Gasteiger charge is -2.27. The fraction of sp³-hybridized carbons (Fsp3) is 0.615. The summed E-state index contributed by atoms with van der Waals surface area (Å²) in [4.78, 5) is 1.96. The molecule has 1 aromatic carbocycles. The van der Waals surface area contributed by atoms with Gasteiger partial charge in [0.2, 0.25) is 0 Å². The van der Waals surface area contributed by atoms with Crippen LogP contribution in [0.5, 0.6) is 5.75 Å². The van der Waals surface area contributed by atoms with Gasteiger partial charge >= 0.3 is 0 Å². The normalized spacial score (nSPS) is 31.4. The molecule has 8 nitrogen and oxygen atoms in total. The van der Waals surface area contributed by atoms with Gasteiger partial charge in [-0.15, -0.1) is 0 Å². The minimum absolute atomic E-state index is 0.0380. The van der Waals surface area contributed by atoms with Crippen molar-refractivity contribution in [1.82, 2.24) is 0 Å². The van der Waals surface area contributed by atoms with E-state index in [2.05, 4.69) is 0 Å². The summed E-state index contributed by atoms with van der Waals surface area (Å²) in [6.45, 7) is 7.59. The van der Waals surface area contributed by atoms with Crippen molar-refractivity contribution in [1.29, 1.82) is 0 Å². The highest BCUT2D eigenvalue weighted by molar-refractivity contribution is 5.66. The lowest BCUT2D eigenvalue weighted by Crippen LogP contribution is -2.34. The van der Waals surface area contributed by atoms with Crippen LogP contribution in [0.1, 0.15) is 51.5 Å². The van der Waals surface area contributed by atoms with Crippen LogP contribution in [-0.4, -0.2) is 68.4 Å². The predicted octanol–water partition coefficient (Wildman–Crippen LogP) is 3.62. The van der Waals surface area contributed by atoms with Gasteiger partial charge < -0.3 is 38.8 Å². The van der Waals surface area contributed by atoms with E-state index in [9.17, 15) is 10.2 Å². The van der Waals surface area contributed by atoms with Crippen LogP contribution in [0.15, 0.2) is 30.4 Å². The van der Waals surface area contributed by atoms with Gasteiger partial charge in [0.1, 0.15) is 18.0 Å². The Morgan fingerprint density at radius 3 is 2.53 bits per heavy atom. The van der Waals surface area contributed by atoms with Crippen LogP contribution in [0.3, 0.4) is 0 Å². The monoisotopic (exact) mass is 477 g/mol.